The van der Waals surface area contributed by atoms with E-state index in [0.29, 0.717) is 18.5 Å². The molecule has 0 aliphatic carbocycles. The Hall–Kier alpha value is -1.16. The van der Waals surface area contributed by atoms with Crippen LogP contribution in [0.2, 0.25) is 0 Å². The van der Waals surface area contributed by atoms with Gasteiger partial charge >= 0.3 is 0 Å². The summed E-state index contributed by atoms with van der Waals surface area (Å²) in [6.07, 6.45) is 2.39. The zero-order valence-electron chi connectivity index (χ0n) is 11.3. The molecule has 2 nitrogen and oxygen atoms in total. The first-order valence-electron chi connectivity index (χ1n) is 6.40. The summed E-state index contributed by atoms with van der Waals surface area (Å²) in [5.74, 6) is -1.02. The Bertz CT molecular complexity index is 368. The maximum Gasteiger partial charge on any atom is 0.149 e. The highest BCUT2D eigenvalue weighted by molar-refractivity contribution is 5.50. The van der Waals surface area contributed by atoms with Crippen LogP contribution in [0.3, 0.4) is 0 Å². The van der Waals surface area contributed by atoms with Crippen molar-refractivity contribution in [1.29, 1.82) is 0 Å². The van der Waals surface area contributed by atoms with Gasteiger partial charge in [-0.15, -0.1) is 0 Å². The van der Waals surface area contributed by atoms with Crippen LogP contribution in [0.15, 0.2) is 12.1 Å². The molecule has 0 aromatic heterocycles. The van der Waals surface area contributed by atoms with Crippen LogP contribution in [0.5, 0.6) is 0 Å². The molecule has 1 rings (SSSR count). The van der Waals surface area contributed by atoms with E-state index in [9.17, 15) is 8.78 Å². The lowest BCUT2D eigenvalue weighted by atomic mass is 10.1. The molecular weight excluding hydrogens is 234 g/mol. The van der Waals surface area contributed by atoms with Crippen LogP contribution in [0.1, 0.15) is 32.3 Å². The highest BCUT2D eigenvalue weighted by Gasteiger charge is 2.15. The predicted molar refractivity (Wildman–Crippen MR) is 71.9 cm³/mol. The molecule has 2 N–H and O–H groups in total. The van der Waals surface area contributed by atoms with E-state index < -0.39 is 11.6 Å². The number of rotatable bonds is 6. The van der Waals surface area contributed by atoms with Gasteiger partial charge in [-0.25, -0.2) is 8.78 Å². The summed E-state index contributed by atoms with van der Waals surface area (Å²) < 4.78 is 27.8. The van der Waals surface area contributed by atoms with Crippen molar-refractivity contribution < 1.29 is 8.78 Å². The Morgan fingerprint density at radius 2 is 1.83 bits per heavy atom. The zero-order chi connectivity index (χ0) is 13.7. The van der Waals surface area contributed by atoms with Crippen LogP contribution in [-0.4, -0.2) is 19.6 Å². The Balaban J connectivity index is 2.93. The smallest absolute Gasteiger partial charge is 0.149 e. The van der Waals surface area contributed by atoms with Gasteiger partial charge in [0.2, 0.25) is 0 Å². The van der Waals surface area contributed by atoms with Gasteiger partial charge in [-0.3, -0.25) is 0 Å². The van der Waals surface area contributed by atoms with Crippen molar-refractivity contribution >= 4 is 5.69 Å². The first-order valence-corrected chi connectivity index (χ1v) is 6.40. The van der Waals surface area contributed by atoms with Crippen molar-refractivity contribution in [3.8, 4) is 0 Å². The largest absolute Gasteiger partial charge is 0.370 e. The molecule has 0 bridgehead atoms. The summed E-state index contributed by atoms with van der Waals surface area (Å²) >= 11 is 0. The molecule has 1 aromatic carbocycles. The second kappa shape index (κ2) is 6.69. The van der Waals surface area contributed by atoms with Gasteiger partial charge in [0.25, 0.3) is 0 Å². The van der Waals surface area contributed by atoms with Gasteiger partial charge in [-0.2, -0.15) is 0 Å². The Morgan fingerprint density at radius 1 is 1.28 bits per heavy atom. The molecule has 0 saturated carbocycles. The van der Waals surface area contributed by atoms with Crippen LogP contribution in [-0.2, 0) is 6.42 Å². The van der Waals surface area contributed by atoms with Crippen molar-refractivity contribution in [1.82, 2.24) is 0 Å². The number of anilines is 1. The summed E-state index contributed by atoms with van der Waals surface area (Å²) in [6, 6.07) is 2.65. The van der Waals surface area contributed by atoms with Crippen LogP contribution < -0.4 is 10.6 Å². The first kappa shape index (κ1) is 14.9. The van der Waals surface area contributed by atoms with Gasteiger partial charge in [0, 0.05) is 19.6 Å². The van der Waals surface area contributed by atoms with Gasteiger partial charge in [-0.05, 0) is 37.5 Å². The van der Waals surface area contributed by atoms with Crippen molar-refractivity contribution in [2.45, 2.75) is 39.2 Å². The van der Waals surface area contributed by atoms with Crippen LogP contribution in [0, 0.1) is 11.6 Å². The molecule has 0 heterocycles. The molecule has 1 aromatic rings. The lowest BCUT2D eigenvalue weighted by molar-refractivity contribution is 0.569. The average Bonchev–Trinajstić information content (AvgIpc) is 2.24. The minimum Gasteiger partial charge on any atom is -0.370 e. The minimum atomic E-state index is -0.510. The Labute approximate surface area is 108 Å². The second-order valence-electron chi connectivity index (χ2n) is 4.86. The topological polar surface area (TPSA) is 29.3 Å². The molecule has 102 valence electrons. The molecule has 0 amide bonds. The summed E-state index contributed by atoms with van der Waals surface area (Å²) in [6.45, 7) is 4.51. The average molecular weight is 256 g/mol. The van der Waals surface area contributed by atoms with Crippen LogP contribution in [0.4, 0.5) is 14.5 Å². The van der Waals surface area contributed by atoms with Crippen LogP contribution in [0.25, 0.3) is 0 Å². The number of halogens is 2. The van der Waals surface area contributed by atoms with E-state index in [1.165, 1.54) is 12.1 Å². The molecule has 0 radical (unpaired) electrons. The summed E-state index contributed by atoms with van der Waals surface area (Å²) in [5.41, 5.74) is 6.29. The lowest BCUT2D eigenvalue weighted by Crippen LogP contribution is -2.22. The number of nitrogens with two attached hydrogens (primary N) is 1. The molecule has 4 heteroatoms. The quantitative estimate of drug-likeness (QED) is 0.847. The molecule has 0 aliphatic rings. The predicted octanol–water partition coefficient (Wildman–Crippen LogP) is 3.09. The maximum atomic E-state index is 13.9. The number of hydrogen-bond acceptors (Lipinski definition) is 2. The van der Waals surface area contributed by atoms with E-state index >= 15 is 0 Å². The van der Waals surface area contributed by atoms with Crippen molar-refractivity contribution in [2.75, 3.05) is 18.5 Å². The van der Waals surface area contributed by atoms with Gasteiger partial charge < -0.3 is 10.6 Å². The maximum absolute atomic E-state index is 13.9. The standard InChI is InChI=1S/C14H22F2N2/c1-4-5-6-18(3)14-12(15)8-11(7-10(2)17)9-13(14)16/h8-10H,4-7,17H2,1-3H3. The normalized spacial score (nSPS) is 12.6. The fourth-order valence-corrected chi connectivity index (χ4v) is 1.98. The summed E-state index contributed by atoms with van der Waals surface area (Å²) in [4.78, 5) is 1.63. The Kier molecular flexibility index (Phi) is 5.54. The van der Waals surface area contributed by atoms with Gasteiger partial charge in [0.15, 0.2) is 0 Å². The molecule has 18 heavy (non-hydrogen) atoms. The van der Waals surface area contributed by atoms with Gasteiger partial charge in [-0.1, -0.05) is 13.3 Å². The Morgan fingerprint density at radius 3 is 2.28 bits per heavy atom. The van der Waals surface area contributed by atoms with E-state index in [0.717, 1.165) is 12.8 Å². The lowest BCUT2D eigenvalue weighted by Gasteiger charge is -2.21. The summed E-state index contributed by atoms with van der Waals surface area (Å²) in [7, 11) is 1.71. The molecule has 1 unspecified atom stereocenters. The van der Waals surface area contributed by atoms with Crippen molar-refractivity contribution in [2.24, 2.45) is 5.73 Å². The molecular formula is C14H22F2N2. The third-order valence-electron chi connectivity index (χ3n) is 2.86. The highest BCUT2D eigenvalue weighted by atomic mass is 19.1. The van der Waals surface area contributed by atoms with Crippen molar-refractivity contribution in [3.05, 3.63) is 29.3 Å². The zero-order valence-corrected chi connectivity index (χ0v) is 11.3. The van der Waals surface area contributed by atoms with Gasteiger partial charge in [0.1, 0.15) is 17.3 Å². The van der Waals surface area contributed by atoms with E-state index in [-0.39, 0.29) is 11.7 Å². The molecule has 0 fully saturated rings. The third kappa shape index (κ3) is 3.95. The van der Waals surface area contributed by atoms with Gasteiger partial charge in [0.05, 0.1) is 0 Å². The minimum absolute atomic E-state index is 0.0527. The van der Waals surface area contributed by atoms with Crippen LogP contribution >= 0.6 is 0 Å². The SMILES string of the molecule is CCCCN(C)c1c(F)cc(CC(C)N)cc1F. The molecule has 1 atom stereocenters. The first-order chi connectivity index (χ1) is 8.45. The molecule has 0 saturated heterocycles. The highest BCUT2D eigenvalue weighted by Crippen LogP contribution is 2.24. The molecule has 0 aliphatic heterocycles. The monoisotopic (exact) mass is 256 g/mol. The van der Waals surface area contributed by atoms with E-state index in [1.54, 1.807) is 11.9 Å². The van der Waals surface area contributed by atoms with E-state index in [2.05, 4.69) is 0 Å². The second-order valence-corrected chi connectivity index (χ2v) is 4.86. The third-order valence-corrected chi connectivity index (χ3v) is 2.86. The fourth-order valence-electron chi connectivity index (χ4n) is 1.98. The molecule has 0 spiro atoms. The van der Waals surface area contributed by atoms with E-state index in [1.807, 2.05) is 13.8 Å². The summed E-state index contributed by atoms with van der Waals surface area (Å²) in [5, 5.41) is 0. The number of unbranched alkanes of at least 4 members (excludes halogenated alkanes) is 1. The van der Waals surface area contributed by atoms with Crippen molar-refractivity contribution in [3.63, 3.8) is 0 Å². The number of hydrogen-bond donors (Lipinski definition) is 1. The number of benzene rings is 1. The van der Waals surface area contributed by atoms with E-state index in [4.69, 9.17) is 5.73 Å². The number of nitrogens with zero attached hydrogens (tertiary/aromatic N) is 1. The fraction of sp³-hybridized carbons (Fsp3) is 0.571.